The van der Waals surface area contributed by atoms with Gasteiger partial charge in [-0.1, -0.05) is 24.3 Å². The number of hydrogen-bond donors (Lipinski definition) is 2. The van der Waals surface area contributed by atoms with Crippen LogP contribution in [-0.2, 0) is 12.8 Å². The maximum Gasteiger partial charge on any atom is 0.256 e. The number of carbonyl (C=O) groups excluding carboxylic acids is 2. The number of primary amides is 1. The molecule has 3 aromatic rings. The molecule has 0 atom stereocenters. The van der Waals surface area contributed by atoms with Crippen LogP contribution in [0.2, 0.25) is 0 Å². The highest BCUT2D eigenvalue weighted by Gasteiger charge is 2.26. The average molecular weight is 378 g/mol. The monoisotopic (exact) mass is 378 g/mol. The van der Waals surface area contributed by atoms with E-state index in [1.807, 2.05) is 30.3 Å². The average Bonchev–Trinajstić information content (AvgIpc) is 3.23. The number of ether oxygens (including phenoxy) is 1. The molecule has 5 nitrogen and oxygen atoms in total. The number of para-hydroxylation sites is 1. The van der Waals surface area contributed by atoms with Crippen LogP contribution in [-0.4, -0.2) is 11.8 Å². The molecule has 1 aliphatic rings. The number of nitrogens with two attached hydrogens (primary N) is 1. The summed E-state index contributed by atoms with van der Waals surface area (Å²) in [5.41, 5.74) is 7.45. The molecule has 27 heavy (non-hydrogen) atoms. The minimum atomic E-state index is -0.495. The Morgan fingerprint density at radius 2 is 1.78 bits per heavy atom. The van der Waals surface area contributed by atoms with Gasteiger partial charge in [0.25, 0.3) is 11.8 Å². The number of hydrogen-bond acceptors (Lipinski definition) is 4. The van der Waals surface area contributed by atoms with Crippen LogP contribution < -0.4 is 15.8 Å². The SMILES string of the molecule is NC(=O)c1c(NC(=O)c2cccc(Oc3ccccc3)c2)sc2c1CCC2. The zero-order chi connectivity index (χ0) is 18.8. The van der Waals surface area contributed by atoms with Crippen LogP contribution in [0.5, 0.6) is 11.5 Å². The smallest absolute Gasteiger partial charge is 0.256 e. The Hall–Kier alpha value is -3.12. The van der Waals surface area contributed by atoms with Crippen LogP contribution in [0.25, 0.3) is 0 Å². The highest BCUT2D eigenvalue weighted by molar-refractivity contribution is 7.17. The number of nitrogens with one attached hydrogen (secondary N) is 1. The number of aryl methyl sites for hydroxylation is 1. The Kier molecular flexibility index (Phi) is 4.64. The van der Waals surface area contributed by atoms with Gasteiger partial charge < -0.3 is 15.8 Å². The normalized spacial score (nSPS) is 12.4. The quantitative estimate of drug-likeness (QED) is 0.691. The molecular formula is C21H18N2O3S. The summed E-state index contributed by atoms with van der Waals surface area (Å²) in [6.07, 6.45) is 2.78. The second kappa shape index (κ2) is 7.25. The van der Waals surface area contributed by atoms with Gasteiger partial charge in [0.2, 0.25) is 0 Å². The Morgan fingerprint density at radius 3 is 2.56 bits per heavy atom. The van der Waals surface area contributed by atoms with Crippen molar-refractivity contribution in [1.29, 1.82) is 0 Å². The molecule has 2 amide bonds. The summed E-state index contributed by atoms with van der Waals surface area (Å²) in [4.78, 5) is 25.7. The van der Waals surface area contributed by atoms with Crippen molar-refractivity contribution in [3.05, 3.63) is 76.2 Å². The second-order valence-electron chi connectivity index (χ2n) is 6.32. The first-order chi connectivity index (χ1) is 13.1. The fraction of sp³-hybridized carbons (Fsp3) is 0.143. The molecule has 0 radical (unpaired) electrons. The Labute approximate surface area is 160 Å². The number of benzene rings is 2. The van der Waals surface area contributed by atoms with Crippen LogP contribution in [0.4, 0.5) is 5.00 Å². The van der Waals surface area contributed by atoms with E-state index in [2.05, 4.69) is 5.32 Å². The summed E-state index contributed by atoms with van der Waals surface area (Å²) in [7, 11) is 0. The van der Waals surface area contributed by atoms with Gasteiger partial charge in [-0.2, -0.15) is 0 Å². The molecular weight excluding hydrogens is 360 g/mol. The third kappa shape index (κ3) is 3.57. The largest absolute Gasteiger partial charge is 0.457 e. The Bertz CT molecular complexity index is 1010. The number of rotatable bonds is 5. The third-order valence-electron chi connectivity index (χ3n) is 4.47. The van der Waals surface area contributed by atoms with Gasteiger partial charge in [0.15, 0.2) is 0 Å². The number of carbonyl (C=O) groups is 2. The molecule has 0 fully saturated rings. The van der Waals surface area contributed by atoms with E-state index in [-0.39, 0.29) is 5.91 Å². The molecule has 0 saturated carbocycles. The van der Waals surface area contributed by atoms with Crippen LogP contribution in [0.3, 0.4) is 0 Å². The lowest BCUT2D eigenvalue weighted by molar-refractivity contribution is 0.100. The van der Waals surface area contributed by atoms with E-state index in [1.54, 1.807) is 24.3 Å². The van der Waals surface area contributed by atoms with Gasteiger partial charge in [0.05, 0.1) is 5.56 Å². The molecule has 0 saturated heterocycles. The van der Waals surface area contributed by atoms with Crippen LogP contribution in [0, 0.1) is 0 Å². The van der Waals surface area contributed by atoms with Crippen molar-refractivity contribution in [2.24, 2.45) is 5.73 Å². The van der Waals surface area contributed by atoms with Gasteiger partial charge in [-0.15, -0.1) is 11.3 Å². The first kappa shape index (κ1) is 17.3. The summed E-state index contributed by atoms with van der Waals surface area (Å²) in [5.74, 6) is 0.472. The number of fused-ring (bicyclic) bond motifs is 1. The lowest BCUT2D eigenvalue weighted by Gasteiger charge is -2.09. The van der Waals surface area contributed by atoms with Crippen molar-refractivity contribution in [2.75, 3.05) is 5.32 Å². The van der Waals surface area contributed by atoms with Crippen LogP contribution in [0.15, 0.2) is 54.6 Å². The van der Waals surface area contributed by atoms with Gasteiger partial charge in [-0.3, -0.25) is 9.59 Å². The maximum absolute atomic E-state index is 12.7. The first-order valence-corrected chi connectivity index (χ1v) is 9.52. The van der Waals surface area contributed by atoms with E-state index >= 15 is 0 Å². The minimum absolute atomic E-state index is 0.295. The summed E-state index contributed by atoms with van der Waals surface area (Å²) in [6.45, 7) is 0. The zero-order valence-electron chi connectivity index (χ0n) is 14.5. The van der Waals surface area contributed by atoms with E-state index in [1.165, 1.54) is 11.3 Å². The van der Waals surface area contributed by atoms with Crippen LogP contribution in [0.1, 0.15) is 37.6 Å². The van der Waals surface area contributed by atoms with Crippen molar-refractivity contribution in [1.82, 2.24) is 0 Å². The summed E-state index contributed by atoms with van der Waals surface area (Å²) >= 11 is 1.44. The van der Waals surface area contributed by atoms with Crippen molar-refractivity contribution >= 4 is 28.2 Å². The lowest BCUT2D eigenvalue weighted by atomic mass is 10.1. The van der Waals surface area contributed by atoms with Gasteiger partial charge in [-0.25, -0.2) is 0 Å². The van der Waals surface area contributed by atoms with E-state index in [4.69, 9.17) is 10.5 Å². The predicted octanol–water partition coefficient (Wildman–Crippen LogP) is 4.38. The standard InChI is InChI=1S/C21H18N2O3S/c22-19(24)18-16-10-5-11-17(16)27-21(18)23-20(25)13-6-4-9-15(12-13)26-14-7-2-1-3-8-14/h1-4,6-9,12H,5,10-11H2,(H2,22,24)(H,23,25). The second-order valence-corrected chi connectivity index (χ2v) is 7.43. The minimum Gasteiger partial charge on any atom is -0.457 e. The summed E-state index contributed by atoms with van der Waals surface area (Å²) in [6, 6.07) is 16.3. The fourth-order valence-electron chi connectivity index (χ4n) is 3.25. The Morgan fingerprint density at radius 1 is 1.00 bits per heavy atom. The molecule has 3 N–H and O–H groups in total. The number of amides is 2. The van der Waals surface area contributed by atoms with E-state index in [0.717, 1.165) is 29.7 Å². The van der Waals surface area contributed by atoms with Gasteiger partial charge >= 0.3 is 0 Å². The van der Waals surface area contributed by atoms with Gasteiger partial charge in [0.1, 0.15) is 16.5 Å². The Balaban J connectivity index is 1.56. The molecule has 2 aromatic carbocycles. The maximum atomic E-state index is 12.7. The van der Waals surface area contributed by atoms with Crippen molar-refractivity contribution in [3.63, 3.8) is 0 Å². The highest BCUT2D eigenvalue weighted by Crippen LogP contribution is 2.39. The fourth-order valence-corrected chi connectivity index (χ4v) is 4.54. The molecule has 0 spiro atoms. The molecule has 6 heteroatoms. The van der Waals surface area contributed by atoms with Crippen molar-refractivity contribution in [2.45, 2.75) is 19.3 Å². The van der Waals surface area contributed by atoms with Crippen molar-refractivity contribution in [3.8, 4) is 11.5 Å². The molecule has 0 unspecified atom stereocenters. The van der Waals surface area contributed by atoms with Gasteiger partial charge in [0, 0.05) is 10.4 Å². The molecule has 1 heterocycles. The molecule has 0 aliphatic heterocycles. The van der Waals surface area contributed by atoms with Gasteiger partial charge in [-0.05, 0) is 55.2 Å². The highest BCUT2D eigenvalue weighted by atomic mass is 32.1. The molecule has 1 aliphatic carbocycles. The summed E-state index contributed by atoms with van der Waals surface area (Å²) in [5, 5.41) is 3.39. The third-order valence-corrected chi connectivity index (χ3v) is 5.68. The number of thiophene rings is 1. The zero-order valence-corrected chi connectivity index (χ0v) is 15.3. The molecule has 4 rings (SSSR count). The summed E-state index contributed by atoms with van der Waals surface area (Å²) < 4.78 is 5.78. The lowest BCUT2D eigenvalue weighted by Crippen LogP contribution is -2.17. The predicted molar refractivity (Wildman–Crippen MR) is 106 cm³/mol. The topological polar surface area (TPSA) is 81.4 Å². The van der Waals surface area contributed by atoms with E-state index in [9.17, 15) is 9.59 Å². The first-order valence-electron chi connectivity index (χ1n) is 8.70. The molecule has 136 valence electrons. The van der Waals surface area contributed by atoms with E-state index < -0.39 is 5.91 Å². The number of anilines is 1. The molecule has 1 aromatic heterocycles. The molecule has 0 bridgehead atoms. The van der Waals surface area contributed by atoms with Crippen LogP contribution >= 0.6 is 11.3 Å². The van der Waals surface area contributed by atoms with E-state index in [0.29, 0.717) is 27.6 Å². The van der Waals surface area contributed by atoms with Crippen molar-refractivity contribution < 1.29 is 14.3 Å².